The average molecular weight is 223 g/mol. The minimum absolute atomic E-state index is 0.678. The minimum atomic E-state index is 0.678. The summed E-state index contributed by atoms with van der Waals surface area (Å²) in [4.78, 5) is 2.40. The van der Waals surface area contributed by atoms with Crippen molar-refractivity contribution in [3.05, 3.63) is 24.0 Å². The maximum atomic E-state index is 3.48. The van der Waals surface area contributed by atoms with Crippen LogP contribution in [0.25, 0.3) is 0 Å². The SMILES string of the molecule is CCC(C)N(C)CCNCc1cccn1C. The van der Waals surface area contributed by atoms with Gasteiger partial charge in [-0.2, -0.15) is 0 Å². The van der Waals surface area contributed by atoms with Crippen LogP contribution in [0.3, 0.4) is 0 Å². The number of likely N-dealkylation sites (N-methyl/N-ethyl adjacent to an activating group) is 1. The van der Waals surface area contributed by atoms with E-state index in [0.29, 0.717) is 6.04 Å². The molecule has 1 N–H and O–H groups in total. The second kappa shape index (κ2) is 6.71. The molecule has 0 saturated carbocycles. The molecule has 0 aliphatic carbocycles. The Morgan fingerprint density at radius 2 is 2.25 bits per heavy atom. The van der Waals surface area contributed by atoms with Gasteiger partial charge in [0, 0.05) is 44.6 Å². The van der Waals surface area contributed by atoms with Gasteiger partial charge in [-0.05, 0) is 32.5 Å². The lowest BCUT2D eigenvalue weighted by atomic mass is 10.2. The molecule has 0 fully saturated rings. The van der Waals surface area contributed by atoms with Crippen LogP contribution >= 0.6 is 0 Å². The zero-order chi connectivity index (χ0) is 12.0. The Kier molecular flexibility index (Phi) is 5.56. The number of nitrogens with zero attached hydrogens (tertiary/aromatic N) is 2. The van der Waals surface area contributed by atoms with Crippen LogP contribution in [-0.4, -0.2) is 35.6 Å². The van der Waals surface area contributed by atoms with Crippen LogP contribution in [0.1, 0.15) is 26.0 Å². The largest absolute Gasteiger partial charge is 0.353 e. The number of aromatic nitrogens is 1. The molecule has 0 aromatic carbocycles. The fraction of sp³-hybridized carbons (Fsp3) is 0.692. The Hall–Kier alpha value is -0.800. The smallest absolute Gasteiger partial charge is 0.0359 e. The Bertz CT molecular complexity index is 293. The highest BCUT2D eigenvalue weighted by Crippen LogP contribution is 2.00. The first-order chi connectivity index (χ1) is 7.65. The second-order valence-corrected chi connectivity index (χ2v) is 4.53. The molecule has 1 atom stereocenters. The van der Waals surface area contributed by atoms with Gasteiger partial charge in [-0.25, -0.2) is 0 Å². The highest BCUT2D eigenvalue weighted by atomic mass is 15.1. The van der Waals surface area contributed by atoms with Crippen LogP contribution in [0.4, 0.5) is 0 Å². The highest BCUT2D eigenvalue weighted by molar-refractivity contribution is 5.05. The molecule has 92 valence electrons. The third-order valence-corrected chi connectivity index (χ3v) is 3.34. The van der Waals surface area contributed by atoms with Crippen LogP contribution in [0.15, 0.2) is 18.3 Å². The summed E-state index contributed by atoms with van der Waals surface area (Å²) in [5.74, 6) is 0. The lowest BCUT2D eigenvalue weighted by Crippen LogP contribution is -2.35. The van der Waals surface area contributed by atoms with E-state index < -0.39 is 0 Å². The van der Waals surface area contributed by atoms with E-state index in [4.69, 9.17) is 0 Å². The Labute approximate surface area is 99.4 Å². The summed E-state index contributed by atoms with van der Waals surface area (Å²) >= 11 is 0. The molecule has 3 heteroatoms. The van der Waals surface area contributed by atoms with Gasteiger partial charge >= 0.3 is 0 Å². The normalized spacial score (nSPS) is 13.3. The van der Waals surface area contributed by atoms with Gasteiger partial charge in [-0.3, -0.25) is 0 Å². The van der Waals surface area contributed by atoms with Crippen LogP contribution in [0.5, 0.6) is 0 Å². The highest BCUT2D eigenvalue weighted by Gasteiger charge is 2.05. The summed E-state index contributed by atoms with van der Waals surface area (Å²) in [5.41, 5.74) is 1.34. The fourth-order valence-electron chi connectivity index (χ4n) is 1.68. The summed E-state index contributed by atoms with van der Waals surface area (Å²) in [6, 6.07) is 4.92. The van der Waals surface area contributed by atoms with E-state index in [9.17, 15) is 0 Å². The summed E-state index contributed by atoms with van der Waals surface area (Å²) in [5, 5.41) is 3.48. The molecule has 16 heavy (non-hydrogen) atoms. The van der Waals surface area contributed by atoms with Gasteiger partial charge in [0.15, 0.2) is 0 Å². The zero-order valence-electron chi connectivity index (χ0n) is 11.0. The molecule has 0 aliphatic rings. The van der Waals surface area contributed by atoms with Crippen LogP contribution in [-0.2, 0) is 13.6 Å². The van der Waals surface area contributed by atoms with Crippen molar-refractivity contribution in [2.24, 2.45) is 7.05 Å². The van der Waals surface area contributed by atoms with E-state index in [2.05, 4.69) is 61.1 Å². The Morgan fingerprint density at radius 3 is 2.81 bits per heavy atom. The number of hydrogen-bond donors (Lipinski definition) is 1. The summed E-state index contributed by atoms with van der Waals surface area (Å²) in [6.07, 6.45) is 3.30. The molecular formula is C13H25N3. The standard InChI is InChI=1S/C13H25N3/c1-5-12(2)15(3)10-8-14-11-13-7-6-9-16(13)4/h6-7,9,12,14H,5,8,10-11H2,1-4H3. The topological polar surface area (TPSA) is 20.2 Å². The Morgan fingerprint density at radius 1 is 1.50 bits per heavy atom. The van der Waals surface area contributed by atoms with E-state index in [1.807, 2.05) is 0 Å². The molecule has 0 radical (unpaired) electrons. The summed E-state index contributed by atoms with van der Waals surface area (Å²) in [7, 11) is 4.28. The number of rotatable bonds is 7. The van der Waals surface area contributed by atoms with Crippen molar-refractivity contribution in [3.8, 4) is 0 Å². The molecule has 1 aromatic rings. The van der Waals surface area contributed by atoms with Gasteiger partial charge in [0.25, 0.3) is 0 Å². The lowest BCUT2D eigenvalue weighted by Gasteiger charge is -2.23. The van der Waals surface area contributed by atoms with E-state index in [-0.39, 0.29) is 0 Å². The number of nitrogens with one attached hydrogen (secondary N) is 1. The number of hydrogen-bond acceptors (Lipinski definition) is 2. The van der Waals surface area contributed by atoms with Crippen molar-refractivity contribution in [2.45, 2.75) is 32.9 Å². The molecule has 0 amide bonds. The van der Waals surface area contributed by atoms with Gasteiger partial charge in [0.05, 0.1) is 0 Å². The maximum Gasteiger partial charge on any atom is 0.0359 e. The minimum Gasteiger partial charge on any atom is -0.353 e. The van der Waals surface area contributed by atoms with Crippen molar-refractivity contribution in [3.63, 3.8) is 0 Å². The van der Waals surface area contributed by atoms with Crippen LogP contribution < -0.4 is 5.32 Å². The zero-order valence-corrected chi connectivity index (χ0v) is 11.0. The molecule has 0 bridgehead atoms. The molecule has 0 saturated heterocycles. The molecule has 1 rings (SSSR count). The quantitative estimate of drug-likeness (QED) is 0.712. The summed E-state index contributed by atoms with van der Waals surface area (Å²) < 4.78 is 2.16. The fourth-order valence-corrected chi connectivity index (χ4v) is 1.68. The van der Waals surface area contributed by atoms with E-state index in [0.717, 1.165) is 19.6 Å². The third kappa shape index (κ3) is 3.99. The van der Waals surface area contributed by atoms with Crippen molar-refractivity contribution in [1.82, 2.24) is 14.8 Å². The average Bonchev–Trinajstić information content (AvgIpc) is 2.69. The van der Waals surface area contributed by atoms with Gasteiger partial charge < -0.3 is 14.8 Å². The maximum absolute atomic E-state index is 3.48. The monoisotopic (exact) mass is 223 g/mol. The third-order valence-electron chi connectivity index (χ3n) is 3.34. The molecular weight excluding hydrogens is 198 g/mol. The van der Waals surface area contributed by atoms with Crippen molar-refractivity contribution < 1.29 is 0 Å². The summed E-state index contributed by atoms with van der Waals surface area (Å²) in [6.45, 7) is 7.62. The van der Waals surface area contributed by atoms with Gasteiger partial charge in [0.1, 0.15) is 0 Å². The predicted molar refractivity (Wildman–Crippen MR) is 69.5 cm³/mol. The van der Waals surface area contributed by atoms with Crippen molar-refractivity contribution >= 4 is 0 Å². The van der Waals surface area contributed by atoms with Gasteiger partial charge in [0.2, 0.25) is 0 Å². The first-order valence-corrected chi connectivity index (χ1v) is 6.16. The molecule has 0 aliphatic heterocycles. The lowest BCUT2D eigenvalue weighted by molar-refractivity contribution is 0.251. The van der Waals surface area contributed by atoms with Crippen LogP contribution in [0, 0.1) is 0 Å². The van der Waals surface area contributed by atoms with E-state index >= 15 is 0 Å². The van der Waals surface area contributed by atoms with E-state index in [1.165, 1.54) is 12.1 Å². The van der Waals surface area contributed by atoms with Gasteiger partial charge in [-0.15, -0.1) is 0 Å². The number of aryl methyl sites for hydroxylation is 1. The van der Waals surface area contributed by atoms with Crippen molar-refractivity contribution in [1.29, 1.82) is 0 Å². The molecule has 3 nitrogen and oxygen atoms in total. The molecule has 1 unspecified atom stereocenters. The van der Waals surface area contributed by atoms with E-state index in [1.54, 1.807) is 0 Å². The second-order valence-electron chi connectivity index (χ2n) is 4.53. The predicted octanol–water partition coefficient (Wildman–Crippen LogP) is 1.84. The molecule has 1 aromatic heterocycles. The molecule has 0 spiro atoms. The van der Waals surface area contributed by atoms with Gasteiger partial charge in [-0.1, -0.05) is 6.92 Å². The Balaban J connectivity index is 2.15. The molecule has 1 heterocycles. The van der Waals surface area contributed by atoms with Crippen LogP contribution in [0.2, 0.25) is 0 Å². The first kappa shape index (κ1) is 13.3. The van der Waals surface area contributed by atoms with Crippen molar-refractivity contribution in [2.75, 3.05) is 20.1 Å². The first-order valence-electron chi connectivity index (χ1n) is 6.16.